The molecule has 0 aliphatic carbocycles. The second kappa shape index (κ2) is 20.2. The molecule has 0 unspecified atom stereocenters. The van der Waals surface area contributed by atoms with Gasteiger partial charge in [-0.15, -0.1) is 0 Å². The first kappa shape index (κ1) is 31.4. The average Bonchev–Trinajstić information content (AvgIpc) is 2.90. The molecule has 2 nitrogen and oxygen atoms in total. The number of unbranched alkanes of at least 4 members (excludes halogenated alkanes) is 18. The van der Waals surface area contributed by atoms with Gasteiger partial charge in [0.25, 0.3) is 0 Å². The largest absolute Gasteiger partial charge is 0.478 e. The number of rotatable bonds is 23. The van der Waals surface area contributed by atoms with Crippen LogP contribution in [-0.4, -0.2) is 11.1 Å². The minimum atomic E-state index is -0.761. The van der Waals surface area contributed by atoms with Crippen molar-refractivity contribution in [2.75, 3.05) is 0 Å². The van der Waals surface area contributed by atoms with Crippen LogP contribution >= 0.6 is 0 Å². The topological polar surface area (TPSA) is 37.3 Å². The Hall–Kier alpha value is -1.83. The Morgan fingerprint density at radius 3 is 1.51 bits per heavy atom. The van der Waals surface area contributed by atoms with Crippen LogP contribution in [0.1, 0.15) is 164 Å². The Morgan fingerprint density at radius 2 is 1.03 bits per heavy atom. The Balaban J connectivity index is 1.87. The van der Waals surface area contributed by atoms with E-state index in [1.54, 1.807) is 0 Å². The number of carboxylic acid groups (broad SMARTS) is 1. The van der Waals surface area contributed by atoms with E-state index < -0.39 is 5.97 Å². The molecular weight excluding hydrogens is 452 g/mol. The lowest BCUT2D eigenvalue weighted by molar-refractivity contribution is 0.0697. The molecule has 0 fully saturated rings. The molecule has 0 aromatic heterocycles. The van der Waals surface area contributed by atoms with Gasteiger partial charge in [0, 0.05) is 0 Å². The summed E-state index contributed by atoms with van der Waals surface area (Å²) in [5.41, 5.74) is 2.96. The third kappa shape index (κ3) is 12.5. The average molecular weight is 509 g/mol. The van der Waals surface area contributed by atoms with Gasteiger partial charge in [0.15, 0.2) is 0 Å². The number of hydrogen-bond acceptors (Lipinski definition) is 1. The van der Waals surface area contributed by atoms with Crippen LogP contribution in [0.3, 0.4) is 0 Å². The molecule has 0 aliphatic heterocycles. The molecule has 0 heterocycles. The third-order valence-corrected chi connectivity index (χ3v) is 8.04. The van der Waals surface area contributed by atoms with Gasteiger partial charge >= 0.3 is 5.97 Å². The zero-order chi connectivity index (χ0) is 26.6. The Bertz CT molecular complexity index is 869. The molecule has 0 aliphatic rings. The lowest BCUT2D eigenvalue weighted by atomic mass is 9.88. The van der Waals surface area contributed by atoms with Crippen LogP contribution in [0.25, 0.3) is 10.8 Å². The second-order valence-corrected chi connectivity index (χ2v) is 11.3. The van der Waals surface area contributed by atoms with Crippen LogP contribution in [-0.2, 0) is 12.8 Å². The molecule has 2 heteroatoms. The van der Waals surface area contributed by atoms with Crippen molar-refractivity contribution in [2.45, 2.75) is 155 Å². The van der Waals surface area contributed by atoms with Gasteiger partial charge in [0.1, 0.15) is 0 Å². The molecule has 0 atom stereocenters. The lowest BCUT2D eigenvalue weighted by Crippen LogP contribution is -2.08. The van der Waals surface area contributed by atoms with E-state index in [4.69, 9.17) is 0 Å². The SMILES string of the molecule is CCCCCCCCCCCCc1cc2ccccc2c(C(=O)O)c1CCCCCCCCCCCC. The number of carbonyl (C=O) groups is 1. The highest BCUT2D eigenvalue weighted by Gasteiger charge is 2.18. The van der Waals surface area contributed by atoms with Crippen LogP contribution in [0.15, 0.2) is 30.3 Å². The lowest BCUT2D eigenvalue weighted by Gasteiger charge is -2.16. The van der Waals surface area contributed by atoms with Crippen molar-refractivity contribution in [1.82, 2.24) is 0 Å². The fourth-order valence-corrected chi connectivity index (χ4v) is 5.79. The Morgan fingerprint density at radius 1 is 0.595 bits per heavy atom. The second-order valence-electron chi connectivity index (χ2n) is 11.3. The predicted octanol–water partition coefficient (Wildman–Crippen LogP) is 11.5. The molecule has 0 saturated heterocycles. The van der Waals surface area contributed by atoms with Gasteiger partial charge in [-0.05, 0) is 47.6 Å². The molecule has 208 valence electrons. The zero-order valence-corrected chi connectivity index (χ0v) is 24.3. The smallest absolute Gasteiger partial charge is 0.336 e. The van der Waals surface area contributed by atoms with Gasteiger partial charge in [-0.1, -0.05) is 160 Å². The fourth-order valence-electron chi connectivity index (χ4n) is 5.79. The summed E-state index contributed by atoms with van der Waals surface area (Å²) in [6.07, 6.45) is 28.3. The number of aromatic carboxylic acids is 1. The number of fused-ring (bicyclic) bond motifs is 1. The summed E-state index contributed by atoms with van der Waals surface area (Å²) in [4.78, 5) is 12.4. The Kier molecular flexibility index (Phi) is 17.1. The molecule has 0 bridgehead atoms. The number of aryl methyl sites for hydroxylation is 1. The maximum absolute atomic E-state index is 12.4. The van der Waals surface area contributed by atoms with Gasteiger partial charge in [-0.2, -0.15) is 0 Å². The molecule has 0 saturated carbocycles. The van der Waals surface area contributed by atoms with E-state index in [1.807, 2.05) is 18.2 Å². The first-order chi connectivity index (χ1) is 18.2. The normalized spacial score (nSPS) is 11.4. The van der Waals surface area contributed by atoms with Crippen molar-refractivity contribution in [3.05, 3.63) is 47.0 Å². The molecule has 0 spiro atoms. The molecule has 2 aromatic carbocycles. The monoisotopic (exact) mass is 508 g/mol. The third-order valence-electron chi connectivity index (χ3n) is 8.04. The van der Waals surface area contributed by atoms with Gasteiger partial charge in [0.2, 0.25) is 0 Å². The van der Waals surface area contributed by atoms with Crippen LogP contribution in [0, 0.1) is 0 Å². The molecule has 2 aromatic rings. The maximum atomic E-state index is 12.4. The van der Waals surface area contributed by atoms with E-state index in [1.165, 1.54) is 121 Å². The fraction of sp³-hybridized carbons (Fsp3) is 0.686. The predicted molar refractivity (Wildman–Crippen MR) is 162 cm³/mol. The summed E-state index contributed by atoms with van der Waals surface area (Å²) in [6, 6.07) is 10.4. The first-order valence-corrected chi connectivity index (χ1v) is 16.0. The molecule has 37 heavy (non-hydrogen) atoms. The van der Waals surface area contributed by atoms with Crippen LogP contribution < -0.4 is 0 Å². The van der Waals surface area contributed by atoms with Crippen molar-refractivity contribution in [2.24, 2.45) is 0 Å². The summed E-state index contributed by atoms with van der Waals surface area (Å²) >= 11 is 0. The summed E-state index contributed by atoms with van der Waals surface area (Å²) in [7, 11) is 0. The van der Waals surface area contributed by atoms with E-state index in [9.17, 15) is 9.90 Å². The first-order valence-electron chi connectivity index (χ1n) is 16.0. The maximum Gasteiger partial charge on any atom is 0.336 e. The quantitative estimate of drug-likeness (QED) is 0.152. The molecular formula is C35H56O2. The highest BCUT2D eigenvalue weighted by atomic mass is 16.4. The number of carboxylic acids is 1. The highest BCUT2D eigenvalue weighted by Crippen LogP contribution is 2.29. The minimum Gasteiger partial charge on any atom is -0.478 e. The van der Waals surface area contributed by atoms with E-state index in [2.05, 4.69) is 26.0 Å². The molecule has 0 radical (unpaired) electrons. The summed E-state index contributed by atoms with van der Waals surface area (Å²) in [6.45, 7) is 4.55. The molecule has 0 amide bonds. The Labute approximate surface area is 228 Å². The van der Waals surface area contributed by atoms with E-state index in [0.717, 1.165) is 42.0 Å². The molecule has 2 rings (SSSR count). The van der Waals surface area contributed by atoms with Crippen molar-refractivity contribution in [3.8, 4) is 0 Å². The zero-order valence-electron chi connectivity index (χ0n) is 24.3. The van der Waals surface area contributed by atoms with Crippen molar-refractivity contribution < 1.29 is 9.90 Å². The highest BCUT2D eigenvalue weighted by molar-refractivity contribution is 6.05. The summed E-state index contributed by atoms with van der Waals surface area (Å²) < 4.78 is 0. The van der Waals surface area contributed by atoms with Crippen molar-refractivity contribution in [3.63, 3.8) is 0 Å². The number of benzene rings is 2. The minimum absolute atomic E-state index is 0.566. The van der Waals surface area contributed by atoms with E-state index in [-0.39, 0.29) is 0 Å². The summed E-state index contributed by atoms with van der Waals surface area (Å²) in [5.74, 6) is -0.761. The van der Waals surface area contributed by atoms with Crippen molar-refractivity contribution in [1.29, 1.82) is 0 Å². The molecule has 1 N–H and O–H groups in total. The van der Waals surface area contributed by atoms with E-state index >= 15 is 0 Å². The van der Waals surface area contributed by atoms with Gasteiger partial charge in [-0.3, -0.25) is 0 Å². The summed E-state index contributed by atoms with van der Waals surface area (Å²) in [5, 5.41) is 12.2. The van der Waals surface area contributed by atoms with Gasteiger partial charge in [0.05, 0.1) is 5.56 Å². The van der Waals surface area contributed by atoms with Gasteiger partial charge in [-0.25, -0.2) is 4.79 Å². The van der Waals surface area contributed by atoms with Crippen LogP contribution in [0.4, 0.5) is 0 Å². The van der Waals surface area contributed by atoms with Crippen molar-refractivity contribution >= 4 is 16.7 Å². The van der Waals surface area contributed by atoms with Gasteiger partial charge < -0.3 is 5.11 Å². The standard InChI is InChI=1S/C35H56O2/c1-3-5-7-9-11-13-15-17-19-21-25-30-29-31-26-23-24-28-33(31)34(35(36)37)32(30)27-22-20-18-16-14-12-10-8-6-4-2/h23-24,26,28-29H,3-22,25,27H2,1-2H3,(H,36,37). The number of hydrogen-bond donors (Lipinski definition) is 1. The van der Waals surface area contributed by atoms with Crippen LogP contribution in [0.5, 0.6) is 0 Å². The van der Waals surface area contributed by atoms with Crippen LogP contribution in [0.2, 0.25) is 0 Å². The van der Waals surface area contributed by atoms with E-state index in [0.29, 0.717) is 5.56 Å².